The van der Waals surface area contributed by atoms with Crippen molar-refractivity contribution in [2.75, 3.05) is 6.61 Å². The number of aromatic nitrogens is 1. The van der Waals surface area contributed by atoms with E-state index < -0.39 is 0 Å². The number of carbonyl (C=O) groups excluding carboxylic acids is 1. The Labute approximate surface area is 131 Å². The minimum absolute atomic E-state index is 0.303. The Morgan fingerprint density at radius 3 is 2.82 bits per heavy atom. The minimum Gasteiger partial charge on any atom is -0.461 e. The molecule has 0 radical (unpaired) electrons. The number of ether oxygens (including phenoxy) is 1. The van der Waals surface area contributed by atoms with Crippen LogP contribution in [0.15, 0.2) is 48.8 Å². The molecule has 0 aliphatic heterocycles. The highest BCUT2D eigenvalue weighted by molar-refractivity contribution is 7.20. The summed E-state index contributed by atoms with van der Waals surface area (Å²) in [7, 11) is 0. The van der Waals surface area contributed by atoms with E-state index in [2.05, 4.69) is 4.98 Å². The number of hydrogen-bond acceptors (Lipinski definition) is 4. The number of benzene rings is 1. The lowest BCUT2D eigenvalue weighted by molar-refractivity contribution is 0.0506. The Kier molecular flexibility index (Phi) is 4.44. The van der Waals surface area contributed by atoms with Crippen LogP contribution in [-0.4, -0.2) is 17.6 Å². The van der Waals surface area contributed by atoms with Gasteiger partial charge < -0.3 is 4.74 Å². The number of thiophene rings is 1. The third-order valence-electron chi connectivity index (χ3n) is 3.27. The van der Waals surface area contributed by atoms with Gasteiger partial charge in [-0.2, -0.15) is 0 Å². The zero-order valence-corrected chi connectivity index (χ0v) is 12.6. The number of nitrogens with zero attached hydrogens (tertiary/aromatic N) is 1. The van der Waals surface area contributed by atoms with Gasteiger partial charge in [-0.3, -0.25) is 4.98 Å². The smallest absolute Gasteiger partial charge is 0.348 e. The van der Waals surface area contributed by atoms with Crippen LogP contribution in [0.25, 0.3) is 10.1 Å². The molecule has 0 aliphatic rings. The third-order valence-corrected chi connectivity index (χ3v) is 4.37. The van der Waals surface area contributed by atoms with Gasteiger partial charge in [0.05, 0.1) is 6.61 Å². The van der Waals surface area contributed by atoms with Crippen LogP contribution in [-0.2, 0) is 11.2 Å². The van der Waals surface area contributed by atoms with Crippen LogP contribution in [0.3, 0.4) is 0 Å². The Balaban J connectivity index is 1.54. The van der Waals surface area contributed by atoms with Crippen molar-refractivity contribution < 1.29 is 13.9 Å². The highest BCUT2D eigenvalue weighted by Gasteiger charge is 2.12. The van der Waals surface area contributed by atoms with Crippen LogP contribution < -0.4 is 0 Å². The molecule has 0 atom stereocenters. The van der Waals surface area contributed by atoms with Gasteiger partial charge in [0.1, 0.15) is 10.7 Å². The number of fused-ring (bicyclic) bond motifs is 1. The second-order valence-electron chi connectivity index (χ2n) is 4.89. The van der Waals surface area contributed by atoms with Gasteiger partial charge >= 0.3 is 5.97 Å². The molecule has 0 unspecified atom stereocenters. The van der Waals surface area contributed by atoms with Crippen LogP contribution in [0.2, 0.25) is 0 Å². The first-order valence-electron chi connectivity index (χ1n) is 6.97. The van der Waals surface area contributed by atoms with Gasteiger partial charge in [0.2, 0.25) is 0 Å². The number of rotatable bonds is 5. The quantitative estimate of drug-likeness (QED) is 0.522. The summed E-state index contributed by atoms with van der Waals surface area (Å²) in [5.74, 6) is -0.654. The molecular weight excluding hydrogens is 301 g/mol. The molecule has 0 N–H and O–H groups in total. The summed E-state index contributed by atoms with van der Waals surface area (Å²) in [6.07, 6.45) is 5.10. The summed E-state index contributed by atoms with van der Waals surface area (Å²) in [6, 6.07) is 10.1. The van der Waals surface area contributed by atoms with Gasteiger partial charge in [-0.05, 0) is 60.2 Å². The highest BCUT2D eigenvalue weighted by Crippen LogP contribution is 2.26. The average Bonchev–Trinajstić information content (AvgIpc) is 2.95. The predicted octanol–water partition coefficient (Wildman–Crippen LogP) is 4.23. The van der Waals surface area contributed by atoms with E-state index in [9.17, 15) is 9.18 Å². The predicted molar refractivity (Wildman–Crippen MR) is 84.6 cm³/mol. The lowest BCUT2D eigenvalue weighted by Gasteiger charge is -2.03. The summed E-state index contributed by atoms with van der Waals surface area (Å²) in [4.78, 5) is 16.5. The highest BCUT2D eigenvalue weighted by atomic mass is 32.1. The standard InChI is InChI=1S/C17H14FNO2S/c18-14-3-4-15-13(10-14)11-16(22-15)17(20)21-9-1-2-12-5-7-19-8-6-12/h3-8,10-11H,1-2,9H2. The van der Waals surface area contributed by atoms with E-state index in [0.717, 1.165) is 22.9 Å². The summed E-state index contributed by atoms with van der Waals surface area (Å²) >= 11 is 1.32. The maximum absolute atomic E-state index is 13.1. The third kappa shape index (κ3) is 3.49. The zero-order chi connectivity index (χ0) is 15.4. The Morgan fingerprint density at radius 1 is 1.18 bits per heavy atom. The normalized spacial score (nSPS) is 10.8. The first-order chi connectivity index (χ1) is 10.7. The molecule has 3 aromatic rings. The molecule has 0 aliphatic carbocycles. The van der Waals surface area contributed by atoms with E-state index in [0.29, 0.717) is 11.5 Å². The van der Waals surface area contributed by atoms with E-state index in [1.165, 1.54) is 29.0 Å². The van der Waals surface area contributed by atoms with Crippen molar-refractivity contribution in [1.29, 1.82) is 0 Å². The van der Waals surface area contributed by atoms with E-state index in [4.69, 9.17) is 4.74 Å². The largest absolute Gasteiger partial charge is 0.461 e. The molecule has 5 heteroatoms. The van der Waals surface area contributed by atoms with Crippen molar-refractivity contribution in [2.24, 2.45) is 0 Å². The second-order valence-corrected chi connectivity index (χ2v) is 5.97. The van der Waals surface area contributed by atoms with Crippen molar-refractivity contribution in [3.63, 3.8) is 0 Å². The van der Waals surface area contributed by atoms with Crippen molar-refractivity contribution >= 4 is 27.4 Å². The van der Waals surface area contributed by atoms with Crippen LogP contribution in [0, 0.1) is 5.82 Å². The second kappa shape index (κ2) is 6.66. The molecule has 0 saturated carbocycles. The average molecular weight is 315 g/mol. The van der Waals surface area contributed by atoms with Crippen LogP contribution in [0.5, 0.6) is 0 Å². The number of pyridine rings is 1. The van der Waals surface area contributed by atoms with E-state index >= 15 is 0 Å². The fourth-order valence-corrected chi connectivity index (χ4v) is 3.11. The van der Waals surface area contributed by atoms with Crippen LogP contribution >= 0.6 is 11.3 Å². The molecule has 3 nitrogen and oxygen atoms in total. The number of aryl methyl sites for hydroxylation is 1. The van der Waals surface area contributed by atoms with Gasteiger partial charge in [-0.15, -0.1) is 11.3 Å². The lowest BCUT2D eigenvalue weighted by atomic mass is 10.1. The van der Waals surface area contributed by atoms with Gasteiger partial charge in [0.15, 0.2) is 0 Å². The number of halogens is 1. The maximum atomic E-state index is 13.1. The molecular formula is C17H14FNO2S. The summed E-state index contributed by atoms with van der Waals surface area (Å²) in [5, 5.41) is 0.730. The summed E-state index contributed by atoms with van der Waals surface area (Å²) < 4.78 is 19.3. The van der Waals surface area contributed by atoms with Crippen LogP contribution in [0.4, 0.5) is 4.39 Å². The van der Waals surface area contributed by atoms with Gasteiger partial charge in [-0.25, -0.2) is 9.18 Å². The summed E-state index contributed by atoms with van der Waals surface area (Å²) in [6.45, 7) is 0.365. The topological polar surface area (TPSA) is 39.2 Å². The van der Waals surface area contributed by atoms with Gasteiger partial charge in [0.25, 0.3) is 0 Å². The number of hydrogen-bond donors (Lipinski definition) is 0. The van der Waals surface area contributed by atoms with E-state index in [-0.39, 0.29) is 11.8 Å². The fraction of sp³-hybridized carbons (Fsp3) is 0.176. The Bertz CT molecular complexity index is 786. The minimum atomic E-state index is -0.351. The first-order valence-corrected chi connectivity index (χ1v) is 7.79. The van der Waals surface area contributed by atoms with Crippen molar-refractivity contribution in [3.8, 4) is 0 Å². The molecule has 1 aromatic carbocycles. The van der Waals surface area contributed by atoms with E-state index in [1.54, 1.807) is 24.5 Å². The van der Waals surface area contributed by atoms with Gasteiger partial charge in [0, 0.05) is 17.1 Å². The Hall–Kier alpha value is -2.27. The van der Waals surface area contributed by atoms with Gasteiger partial charge in [-0.1, -0.05) is 0 Å². The molecule has 3 rings (SSSR count). The monoisotopic (exact) mass is 315 g/mol. The van der Waals surface area contributed by atoms with Crippen LogP contribution in [0.1, 0.15) is 21.7 Å². The molecule has 0 fully saturated rings. The number of carbonyl (C=O) groups is 1. The number of esters is 1. The fourth-order valence-electron chi connectivity index (χ4n) is 2.18. The van der Waals surface area contributed by atoms with E-state index in [1.807, 2.05) is 12.1 Å². The molecule has 0 bridgehead atoms. The SMILES string of the molecule is O=C(OCCCc1ccncc1)c1cc2cc(F)ccc2s1. The molecule has 2 heterocycles. The summed E-state index contributed by atoms with van der Waals surface area (Å²) in [5.41, 5.74) is 1.17. The molecule has 0 spiro atoms. The molecule has 22 heavy (non-hydrogen) atoms. The van der Waals surface area contributed by atoms with Crippen molar-refractivity contribution in [3.05, 3.63) is 65.0 Å². The molecule has 0 saturated heterocycles. The molecule has 2 aromatic heterocycles. The first kappa shape index (κ1) is 14.7. The molecule has 0 amide bonds. The maximum Gasteiger partial charge on any atom is 0.348 e. The van der Waals surface area contributed by atoms with Crippen molar-refractivity contribution in [2.45, 2.75) is 12.8 Å². The molecule has 112 valence electrons. The zero-order valence-electron chi connectivity index (χ0n) is 11.8. The Morgan fingerprint density at radius 2 is 2.00 bits per heavy atom. The lowest BCUT2D eigenvalue weighted by Crippen LogP contribution is -2.05. The van der Waals surface area contributed by atoms with Crippen molar-refractivity contribution in [1.82, 2.24) is 4.98 Å².